The van der Waals surface area contributed by atoms with E-state index in [1.54, 1.807) is 6.21 Å². The minimum atomic E-state index is -0.422. The minimum Gasteiger partial charge on any atom is -0.482 e. The van der Waals surface area contributed by atoms with Gasteiger partial charge in [-0.15, -0.1) is 0 Å². The molecular weight excluding hydrogens is 395 g/mol. The summed E-state index contributed by atoms with van der Waals surface area (Å²) in [5, 5.41) is 4.80. The second kappa shape index (κ2) is 8.76. The predicted octanol–water partition coefficient (Wildman–Crippen LogP) is 5.47. The Bertz CT molecular complexity index is 813. The van der Waals surface area contributed by atoms with Gasteiger partial charge in [-0.25, -0.2) is 5.43 Å². The zero-order valence-electron chi connectivity index (χ0n) is 14.6. The molecule has 0 radical (unpaired) electrons. The number of ether oxygens (including phenoxy) is 1. The van der Waals surface area contributed by atoms with Gasteiger partial charge >= 0.3 is 0 Å². The number of amides is 1. The topological polar surface area (TPSA) is 50.7 Å². The van der Waals surface area contributed by atoms with E-state index in [1.165, 1.54) is 17.7 Å². The highest BCUT2D eigenvalue weighted by Crippen LogP contribution is 2.33. The third-order valence-corrected chi connectivity index (χ3v) is 4.53. The molecule has 0 aromatic heterocycles. The van der Waals surface area contributed by atoms with Gasteiger partial charge in [0.15, 0.2) is 6.61 Å². The third-order valence-electron chi connectivity index (χ3n) is 3.51. The standard InChI is InChI=1S/C19H19Cl3N2O2/c1-19(2,3)13-6-4-12(5-7-13)10-23-24-18(25)11-26-17-9-15(21)14(20)8-16(17)22/h4-10H,11H2,1-3H3,(H,24,25). The van der Waals surface area contributed by atoms with Gasteiger partial charge in [0.05, 0.1) is 21.3 Å². The molecule has 0 spiro atoms. The Labute approximate surface area is 168 Å². The Kier molecular flexibility index (Phi) is 6.93. The summed E-state index contributed by atoms with van der Waals surface area (Å²) >= 11 is 17.7. The van der Waals surface area contributed by atoms with Crippen LogP contribution in [0.1, 0.15) is 31.9 Å². The van der Waals surface area contributed by atoms with Gasteiger partial charge in [0.1, 0.15) is 5.75 Å². The number of carbonyl (C=O) groups excluding carboxylic acids is 1. The molecule has 4 nitrogen and oxygen atoms in total. The van der Waals surface area contributed by atoms with Crippen LogP contribution in [0.5, 0.6) is 5.75 Å². The lowest BCUT2D eigenvalue weighted by atomic mass is 9.87. The SMILES string of the molecule is CC(C)(C)c1ccc(C=NNC(=O)COc2cc(Cl)c(Cl)cc2Cl)cc1. The van der Waals surface area contributed by atoms with Crippen molar-refractivity contribution in [3.63, 3.8) is 0 Å². The number of hydrazone groups is 1. The van der Waals surface area contributed by atoms with Crippen LogP contribution in [0.3, 0.4) is 0 Å². The van der Waals surface area contributed by atoms with Gasteiger partial charge < -0.3 is 4.74 Å². The quantitative estimate of drug-likeness (QED) is 0.401. The van der Waals surface area contributed by atoms with E-state index in [1.807, 2.05) is 24.3 Å². The number of carbonyl (C=O) groups is 1. The fourth-order valence-corrected chi connectivity index (χ4v) is 2.63. The summed E-state index contributed by atoms with van der Waals surface area (Å²) in [5.41, 5.74) is 4.59. The summed E-state index contributed by atoms with van der Waals surface area (Å²) in [4.78, 5) is 11.8. The van der Waals surface area contributed by atoms with Crippen molar-refractivity contribution in [3.05, 3.63) is 62.6 Å². The van der Waals surface area contributed by atoms with Gasteiger partial charge in [-0.3, -0.25) is 4.79 Å². The van der Waals surface area contributed by atoms with Crippen molar-refractivity contribution in [2.45, 2.75) is 26.2 Å². The second-order valence-corrected chi connectivity index (χ2v) is 7.87. The van der Waals surface area contributed by atoms with Crippen LogP contribution < -0.4 is 10.2 Å². The van der Waals surface area contributed by atoms with Gasteiger partial charge in [-0.2, -0.15) is 5.10 Å². The van der Waals surface area contributed by atoms with Crippen molar-refractivity contribution in [1.82, 2.24) is 5.43 Å². The average Bonchev–Trinajstić information content (AvgIpc) is 2.56. The summed E-state index contributed by atoms with van der Waals surface area (Å²) in [7, 11) is 0. The molecule has 0 atom stereocenters. The number of nitrogens with one attached hydrogen (secondary N) is 1. The molecule has 1 N–H and O–H groups in total. The zero-order valence-corrected chi connectivity index (χ0v) is 16.9. The fourth-order valence-electron chi connectivity index (χ4n) is 2.04. The number of hydrogen-bond acceptors (Lipinski definition) is 3. The molecule has 7 heteroatoms. The highest BCUT2D eigenvalue weighted by Gasteiger charge is 2.12. The van der Waals surface area contributed by atoms with Gasteiger partial charge in [0, 0.05) is 6.07 Å². The summed E-state index contributed by atoms with van der Waals surface area (Å²) in [6.07, 6.45) is 1.57. The highest BCUT2D eigenvalue weighted by molar-refractivity contribution is 6.43. The molecule has 2 aromatic carbocycles. The van der Waals surface area contributed by atoms with E-state index in [0.29, 0.717) is 10.0 Å². The van der Waals surface area contributed by atoms with Crippen LogP contribution in [-0.4, -0.2) is 18.7 Å². The van der Waals surface area contributed by atoms with Gasteiger partial charge in [0.25, 0.3) is 5.91 Å². The van der Waals surface area contributed by atoms with Crippen LogP contribution in [0.2, 0.25) is 15.1 Å². The smallest absolute Gasteiger partial charge is 0.277 e. The number of rotatable bonds is 5. The molecule has 0 saturated heterocycles. The molecule has 0 heterocycles. The van der Waals surface area contributed by atoms with Crippen molar-refractivity contribution in [2.24, 2.45) is 5.10 Å². The minimum absolute atomic E-state index is 0.0903. The maximum atomic E-state index is 11.8. The van der Waals surface area contributed by atoms with Crippen molar-refractivity contribution < 1.29 is 9.53 Å². The van der Waals surface area contributed by atoms with Crippen molar-refractivity contribution in [1.29, 1.82) is 0 Å². The molecule has 0 aliphatic heterocycles. The van der Waals surface area contributed by atoms with Crippen molar-refractivity contribution in [2.75, 3.05) is 6.61 Å². The second-order valence-electron chi connectivity index (χ2n) is 6.65. The van der Waals surface area contributed by atoms with E-state index >= 15 is 0 Å². The average molecular weight is 414 g/mol. The first kappa shape index (κ1) is 20.6. The van der Waals surface area contributed by atoms with Crippen molar-refractivity contribution >= 4 is 46.9 Å². The van der Waals surface area contributed by atoms with Gasteiger partial charge in [-0.1, -0.05) is 79.8 Å². The Morgan fingerprint density at radius 2 is 1.69 bits per heavy atom. The lowest BCUT2D eigenvalue weighted by Gasteiger charge is -2.18. The van der Waals surface area contributed by atoms with E-state index in [-0.39, 0.29) is 22.8 Å². The molecule has 0 saturated carbocycles. The molecule has 2 rings (SSSR count). The number of benzene rings is 2. The lowest BCUT2D eigenvalue weighted by molar-refractivity contribution is -0.123. The van der Waals surface area contributed by atoms with Crippen LogP contribution >= 0.6 is 34.8 Å². The summed E-state index contributed by atoms with van der Waals surface area (Å²) in [6.45, 7) is 6.20. The molecule has 26 heavy (non-hydrogen) atoms. The maximum Gasteiger partial charge on any atom is 0.277 e. The first-order valence-corrected chi connectivity index (χ1v) is 9.00. The summed E-state index contributed by atoms with van der Waals surface area (Å²) in [5.74, 6) is -0.146. The summed E-state index contributed by atoms with van der Waals surface area (Å²) in [6, 6.07) is 10.9. The van der Waals surface area contributed by atoms with Crippen molar-refractivity contribution in [3.8, 4) is 5.75 Å². The molecule has 0 aliphatic rings. The van der Waals surface area contributed by atoms with Gasteiger partial charge in [0.2, 0.25) is 0 Å². The first-order chi connectivity index (χ1) is 12.2. The number of hydrogen-bond donors (Lipinski definition) is 1. The Balaban J connectivity index is 1.87. The molecule has 0 aliphatic carbocycles. The Morgan fingerprint density at radius 3 is 2.31 bits per heavy atom. The van der Waals surface area contributed by atoms with E-state index < -0.39 is 5.91 Å². The molecule has 0 fully saturated rings. The Hall–Kier alpha value is -1.75. The third kappa shape index (κ3) is 5.90. The van der Waals surface area contributed by atoms with Crippen LogP contribution in [0, 0.1) is 0 Å². The maximum absolute atomic E-state index is 11.8. The van der Waals surface area contributed by atoms with Gasteiger partial charge in [-0.05, 0) is 22.6 Å². The molecular formula is C19H19Cl3N2O2. The van der Waals surface area contributed by atoms with E-state index in [2.05, 4.69) is 31.3 Å². The monoisotopic (exact) mass is 412 g/mol. The largest absolute Gasteiger partial charge is 0.482 e. The molecule has 0 bridgehead atoms. The van der Waals surface area contributed by atoms with Crippen LogP contribution in [0.25, 0.3) is 0 Å². The van der Waals surface area contributed by atoms with Crippen LogP contribution in [0.15, 0.2) is 41.5 Å². The van der Waals surface area contributed by atoms with Crippen LogP contribution in [0.4, 0.5) is 0 Å². The van der Waals surface area contributed by atoms with E-state index in [0.717, 1.165) is 5.56 Å². The first-order valence-electron chi connectivity index (χ1n) is 7.86. The molecule has 1 amide bonds. The predicted molar refractivity (Wildman–Crippen MR) is 108 cm³/mol. The summed E-state index contributed by atoms with van der Waals surface area (Å²) < 4.78 is 5.33. The normalized spacial score (nSPS) is 11.6. The lowest BCUT2D eigenvalue weighted by Crippen LogP contribution is -2.24. The number of halogens is 3. The molecule has 0 unspecified atom stereocenters. The molecule has 2 aromatic rings. The Morgan fingerprint density at radius 1 is 1.08 bits per heavy atom. The number of nitrogens with zero attached hydrogens (tertiary/aromatic N) is 1. The van der Waals surface area contributed by atoms with E-state index in [9.17, 15) is 4.79 Å². The van der Waals surface area contributed by atoms with E-state index in [4.69, 9.17) is 39.5 Å². The zero-order chi connectivity index (χ0) is 19.3. The highest BCUT2D eigenvalue weighted by atomic mass is 35.5. The van der Waals surface area contributed by atoms with Crippen LogP contribution in [-0.2, 0) is 10.2 Å². The molecule has 138 valence electrons. The fraction of sp³-hybridized carbons (Fsp3) is 0.263.